The van der Waals surface area contributed by atoms with Crippen LogP contribution in [0.15, 0.2) is 18.2 Å². The molecule has 0 saturated heterocycles. The van der Waals surface area contributed by atoms with E-state index in [1.54, 1.807) is 39.0 Å². The molecule has 1 rings (SSSR count). The number of benzene rings is 1. The predicted molar refractivity (Wildman–Crippen MR) is 80.6 cm³/mol. The molecule has 0 aromatic heterocycles. The number of amides is 2. The van der Waals surface area contributed by atoms with Crippen LogP contribution < -0.4 is 20.1 Å². The predicted octanol–water partition coefficient (Wildman–Crippen LogP) is 1.80. The number of anilines is 1. The third-order valence-corrected chi connectivity index (χ3v) is 2.77. The van der Waals surface area contributed by atoms with Crippen molar-refractivity contribution in [3.8, 4) is 11.5 Å². The number of methoxy groups -OCH3 is 2. The maximum atomic E-state index is 11.9. The summed E-state index contributed by atoms with van der Waals surface area (Å²) in [5, 5.41) is 5.27. The zero-order chi connectivity index (χ0) is 16.0. The van der Waals surface area contributed by atoms with E-state index in [0.29, 0.717) is 17.2 Å². The second-order valence-corrected chi connectivity index (χ2v) is 5.55. The Bertz CT molecular complexity index is 521. The van der Waals surface area contributed by atoms with E-state index in [2.05, 4.69) is 10.6 Å². The van der Waals surface area contributed by atoms with E-state index in [0.717, 1.165) is 0 Å². The van der Waals surface area contributed by atoms with Crippen molar-refractivity contribution in [2.24, 2.45) is 5.41 Å². The number of hydrogen-bond donors (Lipinski definition) is 2. The number of hydrogen-bond acceptors (Lipinski definition) is 4. The van der Waals surface area contributed by atoms with Crippen molar-refractivity contribution in [2.45, 2.75) is 20.8 Å². The van der Waals surface area contributed by atoms with Crippen LogP contribution in [0.5, 0.6) is 11.5 Å². The van der Waals surface area contributed by atoms with Crippen molar-refractivity contribution in [1.82, 2.24) is 5.32 Å². The highest BCUT2D eigenvalue weighted by molar-refractivity contribution is 5.96. The fraction of sp³-hybridized carbons (Fsp3) is 0.467. The van der Waals surface area contributed by atoms with Crippen molar-refractivity contribution in [1.29, 1.82) is 0 Å². The van der Waals surface area contributed by atoms with E-state index in [1.165, 1.54) is 14.2 Å². The summed E-state index contributed by atoms with van der Waals surface area (Å²) in [4.78, 5) is 23.6. The van der Waals surface area contributed by atoms with Crippen LogP contribution in [0.4, 0.5) is 5.69 Å². The van der Waals surface area contributed by atoms with Crippen molar-refractivity contribution in [2.75, 3.05) is 26.1 Å². The Morgan fingerprint density at radius 3 is 2.33 bits per heavy atom. The molecule has 0 aliphatic heterocycles. The lowest BCUT2D eigenvalue weighted by Crippen LogP contribution is -2.39. The van der Waals surface area contributed by atoms with Crippen LogP contribution in [0.25, 0.3) is 0 Å². The summed E-state index contributed by atoms with van der Waals surface area (Å²) < 4.78 is 10.3. The van der Waals surface area contributed by atoms with Gasteiger partial charge in [-0.2, -0.15) is 0 Å². The zero-order valence-electron chi connectivity index (χ0n) is 13.1. The molecule has 0 fully saturated rings. The topological polar surface area (TPSA) is 76.7 Å². The first-order valence-electron chi connectivity index (χ1n) is 6.58. The highest BCUT2D eigenvalue weighted by Crippen LogP contribution is 2.28. The molecule has 0 saturated carbocycles. The number of carbonyl (C=O) groups is 2. The largest absolute Gasteiger partial charge is 0.497 e. The Kier molecular flexibility index (Phi) is 5.58. The average Bonchev–Trinajstić information content (AvgIpc) is 2.43. The van der Waals surface area contributed by atoms with Crippen LogP contribution in [-0.4, -0.2) is 32.6 Å². The molecule has 1 aromatic rings. The van der Waals surface area contributed by atoms with Crippen molar-refractivity contribution in [3.63, 3.8) is 0 Å². The van der Waals surface area contributed by atoms with E-state index in [9.17, 15) is 9.59 Å². The van der Waals surface area contributed by atoms with Gasteiger partial charge in [-0.25, -0.2) is 0 Å². The normalized spacial score (nSPS) is 10.7. The standard InChI is InChI=1S/C15H22N2O4/c1-15(2,3)14(19)16-9-13(18)17-11-8-10(20-4)6-7-12(11)21-5/h6-8H,9H2,1-5H3,(H,16,19)(H,17,18). The third-order valence-electron chi connectivity index (χ3n) is 2.77. The van der Waals surface area contributed by atoms with Gasteiger partial charge in [0, 0.05) is 11.5 Å². The Morgan fingerprint density at radius 1 is 1.14 bits per heavy atom. The second kappa shape index (κ2) is 6.97. The number of rotatable bonds is 5. The number of nitrogens with one attached hydrogen (secondary N) is 2. The van der Waals surface area contributed by atoms with Crippen molar-refractivity contribution in [3.05, 3.63) is 18.2 Å². The molecule has 0 aliphatic rings. The van der Waals surface area contributed by atoms with Gasteiger partial charge in [-0.1, -0.05) is 20.8 Å². The SMILES string of the molecule is COc1ccc(OC)c(NC(=O)CNC(=O)C(C)(C)C)c1. The fourth-order valence-corrected chi connectivity index (χ4v) is 1.53. The number of carbonyl (C=O) groups excluding carboxylic acids is 2. The average molecular weight is 294 g/mol. The lowest BCUT2D eigenvalue weighted by molar-refractivity contribution is -0.130. The van der Waals surface area contributed by atoms with Gasteiger partial charge in [-0.15, -0.1) is 0 Å². The van der Waals surface area contributed by atoms with Crippen LogP contribution >= 0.6 is 0 Å². The molecule has 0 bridgehead atoms. The first-order chi connectivity index (χ1) is 9.77. The number of ether oxygens (including phenoxy) is 2. The first kappa shape index (κ1) is 16.8. The van der Waals surface area contributed by atoms with Gasteiger partial charge < -0.3 is 20.1 Å². The molecule has 0 aliphatic carbocycles. The van der Waals surface area contributed by atoms with Gasteiger partial charge in [0.25, 0.3) is 0 Å². The highest BCUT2D eigenvalue weighted by atomic mass is 16.5. The minimum absolute atomic E-state index is 0.101. The maximum Gasteiger partial charge on any atom is 0.243 e. The highest BCUT2D eigenvalue weighted by Gasteiger charge is 2.21. The van der Waals surface area contributed by atoms with Crippen LogP contribution in [0.2, 0.25) is 0 Å². The van der Waals surface area contributed by atoms with Crippen LogP contribution in [0, 0.1) is 5.41 Å². The van der Waals surface area contributed by atoms with Gasteiger partial charge in [-0.05, 0) is 12.1 Å². The van der Waals surface area contributed by atoms with Gasteiger partial charge in [0.05, 0.1) is 26.5 Å². The Labute approximate surface area is 124 Å². The lowest BCUT2D eigenvalue weighted by atomic mass is 9.96. The molecule has 0 heterocycles. The summed E-state index contributed by atoms with van der Waals surface area (Å²) in [6.45, 7) is 5.25. The smallest absolute Gasteiger partial charge is 0.243 e. The molecule has 116 valence electrons. The van der Waals surface area contributed by atoms with E-state index >= 15 is 0 Å². The molecule has 0 spiro atoms. The monoisotopic (exact) mass is 294 g/mol. The molecular formula is C15H22N2O4. The van der Waals surface area contributed by atoms with Crippen LogP contribution in [-0.2, 0) is 9.59 Å². The van der Waals surface area contributed by atoms with Gasteiger partial charge in [-0.3, -0.25) is 9.59 Å². The van der Waals surface area contributed by atoms with Gasteiger partial charge in [0.1, 0.15) is 11.5 Å². The molecule has 2 amide bonds. The summed E-state index contributed by atoms with van der Waals surface area (Å²) in [5.74, 6) is 0.602. The van der Waals surface area contributed by atoms with Gasteiger partial charge in [0.2, 0.25) is 11.8 Å². The molecule has 6 heteroatoms. The molecular weight excluding hydrogens is 272 g/mol. The lowest BCUT2D eigenvalue weighted by Gasteiger charge is -2.17. The zero-order valence-corrected chi connectivity index (χ0v) is 13.1. The summed E-state index contributed by atoms with van der Waals surface area (Å²) in [6.07, 6.45) is 0. The van der Waals surface area contributed by atoms with E-state index in [1.807, 2.05) is 0 Å². The molecule has 0 atom stereocenters. The molecule has 0 unspecified atom stereocenters. The molecule has 1 aromatic carbocycles. The summed E-state index contributed by atoms with van der Waals surface area (Å²) >= 11 is 0. The molecule has 2 N–H and O–H groups in total. The summed E-state index contributed by atoms with van der Waals surface area (Å²) in [7, 11) is 3.05. The van der Waals surface area contributed by atoms with Gasteiger partial charge in [0.15, 0.2) is 0 Å². The fourth-order valence-electron chi connectivity index (χ4n) is 1.53. The first-order valence-corrected chi connectivity index (χ1v) is 6.58. The minimum Gasteiger partial charge on any atom is -0.497 e. The summed E-state index contributed by atoms with van der Waals surface area (Å²) in [5.41, 5.74) is -0.0413. The van der Waals surface area contributed by atoms with E-state index in [4.69, 9.17) is 9.47 Å². The maximum absolute atomic E-state index is 11.9. The summed E-state index contributed by atoms with van der Waals surface area (Å²) in [6, 6.07) is 5.08. The van der Waals surface area contributed by atoms with Crippen LogP contribution in [0.3, 0.4) is 0 Å². The third kappa shape index (κ3) is 4.98. The van der Waals surface area contributed by atoms with Gasteiger partial charge >= 0.3 is 0 Å². The quantitative estimate of drug-likeness (QED) is 0.868. The van der Waals surface area contributed by atoms with Crippen molar-refractivity contribution < 1.29 is 19.1 Å². The Morgan fingerprint density at radius 2 is 1.81 bits per heavy atom. The van der Waals surface area contributed by atoms with Crippen LogP contribution in [0.1, 0.15) is 20.8 Å². The Balaban J connectivity index is 2.68. The second-order valence-electron chi connectivity index (χ2n) is 5.55. The molecule has 21 heavy (non-hydrogen) atoms. The minimum atomic E-state index is -0.534. The molecule has 0 radical (unpaired) electrons. The van der Waals surface area contributed by atoms with E-state index < -0.39 is 5.41 Å². The van der Waals surface area contributed by atoms with Crippen molar-refractivity contribution >= 4 is 17.5 Å². The molecule has 6 nitrogen and oxygen atoms in total. The Hall–Kier alpha value is -2.24. The van der Waals surface area contributed by atoms with E-state index in [-0.39, 0.29) is 18.4 Å².